The van der Waals surface area contributed by atoms with Gasteiger partial charge in [-0.15, -0.1) is 11.8 Å². The number of likely N-dealkylation sites (tertiary alicyclic amines) is 1. The minimum Gasteiger partial charge on any atom is -0.494 e. The molecule has 40 heavy (non-hydrogen) atoms. The van der Waals surface area contributed by atoms with Gasteiger partial charge in [-0.2, -0.15) is 0 Å². The Hall–Kier alpha value is -3.56. The van der Waals surface area contributed by atoms with Gasteiger partial charge in [-0.1, -0.05) is 30.3 Å². The van der Waals surface area contributed by atoms with Crippen molar-refractivity contribution >= 4 is 51.6 Å². The van der Waals surface area contributed by atoms with Crippen molar-refractivity contribution in [1.29, 1.82) is 0 Å². The Morgan fingerprint density at radius 2 is 1.75 bits per heavy atom. The molecule has 0 radical (unpaired) electrons. The number of fused-ring (bicyclic) bond motifs is 2. The summed E-state index contributed by atoms with van der Waals surface area (Å²) in [5, 5.41) is 18.1. The van der Waals surface area contributed by atoms with E-state index in [-0.39, 0.29) is 29.6 Å². The summed E-state index contributed by atoms with van der Waals surface area (Å²) in [5.74, 6) is -1.22. The second kappa shape index (κ2) is 10.4. The minimum atomic E-state index is -0.795. The van der Waals surface area contributed by atoms with Gasteiger partial charge >= 0.3 is 0 Å². The average Bonchev–Trinajstić information content (AvgIpc) is 3.61. The smallest absolute Gasteiger partial charge is 0.248 e. The summed E-state index contributed by atoms with van der Waals surface area (Å²) >= 11 is 1.60. The summed E-state index contributed by atoms with van der Waals surface area (Å²) in [7, 11) is 0. The second-order valence-corrected chi connectivity index (χ2v) is 12.4. The van der Waals surface area contributed by atoms with Crippen LogP contribution in [0, 0.1) is 11.8 Å². The zero-order valence-corrected chi connectivity index (χ0v) is 23.3. The summed E-state index contributed by atoms with van der Waals surface area (Å²) in [6.07, 6.45) is 1.41. The van der Waals surface area contributed by atoms with Gasteiger partial charge in [-0.05, 0) is 73.9 Å². The number of benzene rings is 3. The van der Waals surface area contributed by atoms with Gasteiger partial charge in [0.2, 0.25) is 17.7 Å². The van der Waals surface area contributed by atoms with Crippen LogP contribution in [0.15, 0.2) is 66.7 Å². The summed E-state index contributed by atoms with van der Waals surface area (Å²) in [6, 6.07) is 19.5. The number of carbonyl (C=O) groups is 3. The SMILES string of the molecule is CCOc1ccc(NC(=O)[C@@H]2[C@@H]3CCC4(S3)C(C(=O)Nc3ccc5ccccc5c3)N([C@H](C)CO)C(=O)[C@H]24)cc1. The number of hydrogen-bond acceptors (Lipinski definition) is 6. The lowest BCUT2D eigenvalue weighted by Crippen LogP contribution is -2.54. The van der Waals surface area contributed by atoms with Crippen molar-refractivity contribution in [2.24, 2.45) is 11.8 Å². The van der Waals surface area contributed by atoms with Crippen molar-refractivity contribution in [3.8, 4) is 5.75 Å². The van der Waals surface area contributed by atoms with Crippen LogP contribution in [0.5, 0.6) is 5.75 Å². The maximum absolute atomic E-state index is 14.0. The number of nitrogens with one attached hydrogen (secondary N) is 2. The molecule has 208 valence electrons. The Morgan fingerprint density at radius 1 is 1.05 bits per heavy atom. The Kier molecular flexibility index (Phi) is 6.96. The van der Waals surface area contributed by atoms with Crippen LogP contribution >= 0.6 is 11.8 Å². The maximum Gasteiger partial charge on any atom is 0.248 e. The molecule has 6 rings (SSSR count). The highest BCUT2D eigenvalue weighted by Gasteiger charge is 2.74. The number of thioether (sulfide) groups is 1. The van der Waals surface area contributed by atoms with Gasteiger partial charge in [0.1, 0.15) is 11.8 Å². The lowest BCUT2D eigenvalue weighted by molar-refractivity contribution is -0.140. The third kappa shape index (κ3) is 4.32. The van der Waals surface area contributed by atoms with Gasteiger partial charge in [0.25, 0.3) is 0 Å². The number of aliphatic hydroxyl groups is 1. The molecule has 0 saturated carbocycles. The molecule has 3 heterocycles. The second-order valence-electron chi connectivity index (χ2n) is 10.8. The van der Waals surface area contributed by atoms with Crippen molar-refractivity contribution in [2.45, 2.75) is 48.8 Å². The summed E-state index contributed by atoms with van der Waals surface area (Å²) < 4.78 is 4.76. The third-order valence-corrected chi connectivity index (χ3v) is 10.4. The molecular formula is C31H33N3O5S. The first-order valence-electron chi connectivity index (χ1n) is 13.8. The molecule has 3 aliphatic heterocycles. The molecule has 9 heteroatoms. The molecule has 8 nitrogen and oxygen atoms in total. The number of nitrogens with zero attached hydrogens (tertiary/aromatic N) is 1. The van der Waals surface area contributed by atoms with Crippen LogP contribution in [-0.2, 0) is 14.4 Å². The van der Waals surface area contributed by atoms with Crippen molar-refractivity contribution in [3.05, 3.63) is 66.7 Å². The van der Waals surface area contributed by atoms with Gasteiger partial charge in [0.05, 0.1) is 35.8 Å². The Balaban J connectivity index is 1.29. The van der Waals surface area contributed by atoms with Gasteiger partial charge in [0, 0.05) is 16.6 Å². The first-order valence-corrected chi connectivity index (χ1v) is 14.7. The normalized spacial score (nSPS) is 27.5. The number of hydrogen-bond donors (Lipinski definition) is 3. The molecule has 0 aromatic heterocycles. The molecule has 3 amide bonds. The molecule has 3 fully saturated rings. The number of rotatable bonds is 8. The monoisotopic (exact) mass is 559 g/mol. The predicted molar refractivity (Wildman–Crippen MR) is 156 cm³/mol. The van der Waals surface area contributed by atoms with E-state index in [1.807, 2.05) is 49.4 Å². The van der Waals surface area contributed by atoms with Gasteiger partial charge in [-0.25, -0.2) is 0 Å². The van der Waals surface area contributed by atoms with Crippen LogP contribution in [0.1, 0.15) is 26.7 Å². The van der Waals surface area contributed by atoms with Crippen molar-refractivity contribution in [2.75, 3.05) is 23.8 Å². The van der Waals surface area contributed by atoms with Crippen molar-refractivity contribution in [1.82, 2.24) is 4.90 Å². The quantitative estimate of drug-likeness (QED) is 0.380. The van der Waals surface area contributed by atoms with Gasteiger partial charge in [-0.3, -0.25) is 14.4 Å². The van der Waals surface area contributed by atoms with Gasteiger partial charge < -0.3 is 25.4 Å². The predicted octanol–water partition coefficient (Wildman–Crippen LogP) is 4.29. The van der Waals surface area contributed by atoms with Crippen molar-refractivity contribution < 1.29 is 24.2 Å². The van der Waals surface area contributed by atoms with Crippen LogP contribution in [0.3, 0.4) is 0 Å². The van der Waals surface area contributed by atoms with E-state index >= 15 is 0 Å². The number of aliphatic hydroxyl groups excluding tert-OH is 1. The fourth-order valence-electron chi connectivity index (χ4n) is 6.76. The van der Waals surface area contributed by atoms with E-state index in [9.17, 15) is 19.5 Å². The Labute approximate surface area is 237 Å². The minimum absolute atomic E-state index is 0.0563. The lowest BCUT2D eigenvalue weighted by atomic mass is 9.70. The van der Waals surface area contributed by atoms with Gasteiger partial charge in [0.15, 0.2) is 0 Å². The van der Waals surface area contributed by atoms with E-state index in [0.29, 0.717) is 24.4 Å². The summed E-state index contributed by atoms with van der Waals surface area (Å²) in [4.78, 5) is 43.2. The zero-order chi connectivity index (χ0) is 28.0. The number of anilines is 2. The molecule has 1 spiro atoms. The highest BCUT2D eigenvalue weighted by molar-refractivity contribution is 8.02. The van der Waals surface area contributed by atoms with E-state index in [0.717, 1.165) is 22.9 Å². The standard InChI is InChI=1S/C31H33N3O5S/c1-3-39-23-12-10-21(11-13-23)32-28(36)25-24-14-15-31(40-24)26(25)30(38)34(18(2)17-35)27(31)29(37)33-22-9-8-19-6-4-5-7-20(19)16-22/h4-13,16,18,24-27,35H,3,14-15,17H2,1-2H3,(H,32,36)(H,33,37)/t18-,24+,25-,26+,27?,31?/m1/s1. The van der Waals surface area contributed by atoms with E-state index < -0.39 is 28.7 Å². The number of carbonyl (C=O) groups excluding carboxylic acids is 3. The molecule has 6 atom stereocenters. The Morgan fingerprint density at radius 3 is 2.48 bits per heavy atom. The highest BCUT2D eigenvalue weighted by Crippen LogP contribution is 2.66. The van der Waals surface area contributed by atoms with Crippen LogP contribution in [0.4, 0.5) is 11.4 Å². The average molecular weight is 560 g/mol. The molecule has 3 N–H and O–H groups in total. The zero-order valence-electron chi connectivity index (χ0n) is 22.5. The molecule has 3 aliphatic rings. The first-order chi connectivity index (χ1) is 19.4. The fraction of sp³-hybridized carbons (Fsp3) is 0.387. The van der Waals surface area contributed by atoms with Crippen molar-refractivity contribution in [3.63, 3.8) is 0 Å². The molecule has 3 aromatic carbocycles. The van der Waals surface area contributed by atoms with E-state index in [1.165, 1.54) is 4.90 Å². The van der Waals surface area contributed by atoms with Crippen LogP contribution in [-0.4, -0.2) is 63.0 Å². The van der Waals surface area contributed by atoms with Crippen LogP contribution < -0.4 is 15.4 Å². The topological polar surface area (TPSA) is 108 Å². The fourth-order valence-corrected chi connectivity index (χ4v) is 8.96. The number of amides is 3. The molecule has 3 saturated heterocycles. The maximum atomic E-state index is 14.0. The van der Waals surface area contributed by atoms with E-state index in [4.69, 9.17) is 4.74 Å². The Bertz CT molecular complexity index is 1460. The molecule has 3 aromatic rings. The first kappa shape index (κ1) is 26.7. The summed E-state index contributed by atoms with van der Waals surface area (Å²) in [5.41, 5.74) is 1.28. The molecule has 2 bridgehead atoms. The molecule has 0 aliphatic carbocycles. The van der Waals surface area contributed by atoms with Crippen LogP contribution in [0.2, 0.25) is 0 Å². The molecular weight excluding hydrogens is 526 g/mol. The molecule has 2 unspecified atom stereocenters. The third-order valence-electron chi connectivity index (χ3n) is 8.48. The lowest BCUT2D eigenvalue weighted by Gasteiger charge is -2.36. The largest absolute Gasteiger partial charge is 0.494 e. The number of ether oxygens (including phenoxy) is 1. The highest BCUT2D eigenvalue weighted by atomic mass is 32.2. The van der Waals surface area contributed by atoms with E-state index in [1.54, 1.807) is 43.0 Å². The van der Waals surface area contributed by atoms with E-state index in [2.05, 4.69) is 10.6 Å². The summed E-state index contributed by atoms with van der Waals surface area (Å²) in [6.45, 7) is 3.94. The van der Waals surface area contributed by atoms with Crippen LogP contribution in [0.25, 0.3) is 10.8 Å².